The maximum Gasteiger partial charge on any atom is 0.305 e. The van der Waals surface area contributed by atoms with Gasteiger partial charge < -0.3 is 5.11 Å². The molecule has 1 aliphatic heterocycles. The number of hydrogen-bond donors (Lipinski definition) is 1. The molecule has 0 aromatic heterocycles. The van der Waals surface area contributed by atoms with E-state index in [1.165, 1.54) is 32.1 Å². The maximum atomic E-state index is 11.0. The molecule has 1 heterocycles. The summed E-state index contributed by atoms with van der Waals surface area (Å²) in [5.41, 5.74) is 0.0201. The number of carboxylic acids is 1. The van der Waals surface area contributed by atoms with E-state index in [9.17, 15) is 4.79 Å². The molecule has 15 heavy (non-hydrogen) atoms. The van der Waals surface area contributed by atoms with Gasteiger partial charge in [-0.25, -0.2) is 0 Å². The van der Waals surface area contributed by atoms with Crippen LogP contribution in [0.2, 0.25) is 0 Å². The molecule has 2 fully saturated rings. The molecule has 3 nitrogen and oxygen atoms in total. The first-order chi connectivity index (χ1) is 7.23. The molecule has 1 N–H and O–H groups in total. The Morgan fingerprint density at radius 3 is 2.20 bits per heavy atom. The largest absolute Gasteiger partial charge is 0.481 e. The summed E-state index contributed by atoms with van der Waals surface area (Å²) in [6.45, 7) is 2.24. The van der Waals surface area contributed by atoms with E-state index in [-0.39, 0.29) is 5.54 Å². The molecule has 0 aromatic carbocycles. The van der Waals surface area contributed by atoms with Gasteiger partial charge in [-0.2, -0.15) is 0 Å². The molecule has 1 saturated carbocycles. The maximum absolute atomic E-state index is 11.0. The highest BCUT2D eigenvalue weighted by molar-refractivity contribution is 5.68. The summed E-state index contributed by atoms with van der Waals surface area (Å²) in [5.74, 6) is -0.623. The number of hydrogen-bond acceptors (Lipinski definition) is 2. The second kappa shape index (κ2) is 4.52. The minimum Gasteiger partial charge on any atom is -0.481 e. The third-order valence-electron chi connectivity index (χ3n) is 4.04. The predicted molar refractivity (Wildman–Crippen MR) is 58.9 cm³/mol. The molecule has 0 bridgehead atoms. The zero-order valence-corrected chi connectivity index (χ0v) is 9.37. The van der Waals surface area contributed by atoms with Crippen LogP contribution in [0, 0.1) is 0 Å². The van der Waals surface area contributed by atoms with Crippen LogP contribution in [0.5, 0.6) is 0 Å². The van der Waals surface area contributed by atoms with E-state index in [0.717, 1.165) is 25.9 Å². The summed E-state index contributed by atoms with van der Waals surface area (Å²) in [4.78, 5) is 13.4. The zero-order valence-electron chi connectivity index (χ0n) is 9.37. The fourth-order valence-electron chi connectivity index (χ4n) is 3.29. The van der Waals surface area contributed by atoms with Crippen LogP contribution in [-0.4, -0.2) is 34.6 Å². The van der Waals surface area contributed by atoms with Crippen LogP contribution in [0.1, 0.15) is 51.4 Å². The average molecular weight is 211 g/mol. The van der Waals surface area contributed by atoms with E-state index >= 15 is 0 Å². The van der Waals surface area contributed by atoms with E-state index in [2.05, 4.69) is 4.90 Å². The molecular weight excluding hydrogens is 190 g/mol. The fraction of sp³-hybridized carbons (Fsp3) is 0.917. The van der Waals surface area contributed by atoms with E-state index in [0.29, 0.717) is 6.42 Å². The molecule has 1 aliphatic carbocycles. The highest BCUT2D eigenvalue weighted by Gasteiger charge is 2.41. The van der Waals surface area contributed by atoms with Crippen LogP contribution in [0.3, 0.4) is 0 Å². The van der Waals surface area contributed by atoms with Crippen molar-refractivity contribution in [2.24, 2.45) is 0 Å². The van der Waals surface area contributed by atoms with Crippen LogP contribution in [0.4, 0.5) is 0 Å². The van der Waals surface area contributed by atoms with Crippen LogP contribution in [0.15, 0.2) is 0 Å². The smallest absolute Gasteiger partial charge is 0.305 e. The van der Waals surface area contributed by atoms with E-state index in [1.807, 2.05) is 0 Å². The molecule has 2 aliphatic rings. The topological polar surface area (TPSA) is 40.5 Å². The third-order valence-corrected chi connectivity index (χ3v) is 4.04. The molecule has 86 valence electrons. The summed E-state index contributed by atoms with van der Waals surface area (Å²) in [6, 6.07) is 0. The van der Waals surface area contributed by atoms with Crippen molar-refractivity contribution in [1.82, 2.24) is 4.90 Å². The third kappa shape index (κ3) is 2.33. The first kappa shape index (κ1) is 10.9. The number of nitrogens with zero attached hydrogens (tertiary/aromatic N) is 1. The van der Waals surface area contributed by atoms with Crippen molar-refractivity contribution in [2.45, 2.75) is 56.9 Å². The number of aliphatic carboxylic acids is 1. The van der Waals surface area contributed by atoms with Gasteiger partial charge in [-0.15, -0.1) is 0 Å². The predicted octanol–water partition coefficient (Wildman–Crippen LogP) is 2.26. The first-order valence-electron chi connectivity index (χ1n) is 6.20. The molecule has 0 aromatic rings. The van der Waals surface area contributed by atoms with Crippen LogP contribution in [-0.2, 0) is 4.79 Å². The summed E-state index contributed by atoms with van der Waals surface area (Å²) >= 11 is 0. The molecule has 0 atom stereocenters. The number of rotatable bonds is 3. The lowest BCUT2D eigenvalue weighted by molar-refractivity contribution is -0.140. The number of likely N-dealkylation sites (tertiary alicyclic amines) is 1. The lowest BCUT2D eigenvalue weighted by Crippen LogP contribution is -2.50. The second-order valence-corrected chi connectivity index (χ2v) is 5.05. The standard InChI is InChI=1S/C12H21NO2/c14-11(15)10-12(6-2-3-7-12)13-8-4-1-5-9-13/h1-10H2,(H,14,15). The Morgan fingerprint density at radius 2 is 1.67 bits per heavy atom. The lowest BCUT2D eigenvalue weighted by atomic mass is 9.89. The van der Waals surface area contributed by atoms with Crippen LogP contribution >= 0.6 is 0 Å². The molecule has 0 spiro atoms. The molecule has 0 unspecified atom stereocenters. The van der Waals surface area contributed by atoms with Crippen molar-refractivity contribution in [3.05, 3.63) is 0 Å². The van der Waals surface area contributed by atoms with Gasteiger partial charge in [-0.3, -0.25) is 9.69 Å². The van der Waals surface area contributed by atoms with Gasteiger partial charge in [0, 0.05) is 5.54 Å². The van der Waals surface area contributed by atoms with Gasteiger partial charge in [0.15, 0.2) is 0 Å². The summed E-state index contributed by atoms with van der Waals surface area (Å²) in [5, 5.41) is 9.04. The quantitative estimate of drug-likeness (QED) is 0.778. The second-order valence-electron chi connectivity index (χ2n) is 5.05. The Labute approximate surface area is 91.5 Å². The minimum absolute atomic E-state index is 0.0201. The lowest BCUT2D eigenvalue weighted by Gasteiger charge is -2.42. The van der Waals surface area contributed by atoms with Gasteiger partial charge in [0.1, 0.15) is 0 Å². The Morgan fingerprint density at radius 1 is 1.07 bits per heavy atom. The van der Waals surface area contributed by atoms with E-state index in [1.54, 1.807) is 0 Å². The van der Waals surface area contributed by atoms with Gasteiger partial charge in [0.25, 0.3) is 0 Å². The average Bonchev–Trinajstić information content (AvgIpc) is 2.68. The van der Waals surface area contributed by atoms with Gasteiger partial charge in [-0.1, -0.05) is 19.3 Å². The van der Waals surface area contributed by atoms with Crippen molar-refractivity contribution in [3.8, 4) is 0 Å². The number of carbonyl (C=O) groups is 1. The monoisotopic (exact) mass is 211 g/mol. The summed E-state index contributed by atoms with van der Waals surface area (Å²) < 4.78 is 0. The van der Waals surface area contributed by atoms with Crippen molar-refractivity contribution >= 4 is 5.97 Å². The zero-order chi connectivity index (χ0) is 10.7. The van der Waals surface area contributed by atoms with E-state index in [4.69, 9.17) is 5.11 Å². The van der Waals surface area contributed by atoms with Gasteiger partial charge in [-0.05, 0) is 38.8 Å². The molecule has 0 amide bonds. The number of piperidine rings is 1. The van der Waals surface area contributed by atoms with Gasteiger partial charge in [0.2, 0.25) is 0 Å². The molecule has 1 saturated heterocycles. The highest BCUT2D eigenvalue weighted by atomic mass is 16.4. The summed E-state index contributed by atoms with van der Waals surface area (Å²) in [7, 11) is 0. The van der Waals surface area contributed by atoms with Crippen molar-refractivity contribution < 1.29 is 9.90 Å². The van der Waals surface area contributed by atoms with Crippen molar-refractivity contribution in [3.63, 3.8) is 0 Å². The Kier molecular flexibility index (Phi) is 3.29. The SMILES string of the molecule is O=C(O)CC1(N2CCCCC2)CCCC1. The Bertz CT molecular complexity index is 228. The molecule has 3 heteroatoms. The van der Waals surface area contributed by atoms with Crippen LogP contribution < -0.4 is 0 Å². The fourth-order valence-corrected chi connectivity index (χ4v) is 3.29. The molecule has 2 rings (SSSR count). The Balaban J connectivity index is 2.06. The molecular formula is C12H21NO2. The molecule has 0 radical (unpaired) electrons. The first-order valence-corrected chi connectivity index (χ1v) is 6.20. The van der Waals surface area contributed by atoms with Gasteiger partial charge in [0.05, 0.1) is 6.42 Å². The van der Waals surface area contributed by atoms with Gasteiger partial charge >= 0.3 is 5.97 Å². The normalized spacial score (nSPS) is 26.7. The summed E-state index contributed by atoms with van der Waals surface area (Å²) in [6.07, 6.45) is 8.79. The minimum atomic E-state index is -0.623. The van der Waals surface area contributed by atoms with Crippen molar-refractivity contribution in [2.75, 3.05) is 13.1 Å². The van der Waals surface area contributed by atoms with Crippen LogP contribution in [0.25, 0.3) is 0 Å². The van der Waals surface area contributed by atoms with Crippen molar-refractivity contribution in [1.29, 1.82) is 0 Å². The van der Waals surface area contributed by atoms with E-state index < -0.39 is 5.97 Å². The Hall–Kier alpha value is -0.570. The number of carboxylic acid groups (broad SMARTS) is 1. The highest BCUT2D eigenvalue weighted by Crippen LogP contribution is 2.39.